The molecule has 1 saturated heterocycles. The van der Waals surface area contributed by atoms with Crippen molar-refractivity contribution in [3.05, 3.63) is 102 Å². The van der Waals surface area contributed by atoms with Crippen LogP contribution >= 0.6 is 0 Å². The SMILES string of the molecule is O=C(OCc1ccccc1)N(CCCN1CCC(Cc2ccccc2)CC1)c1ccccc1. The lowest BCUT2D eigenvalue weighted by Gasteiger charge is -2.32. The highest BCUT2D eigenvalue weighted by atomic mass is 16.6. The van der Waals surface area contributed by atoms with Gasteiger partial charge in [-0.25, -0.2) is 4.79 Å². The summed E-state index contributed by atoms with van der Waals surface area (Å²) in [7, 11) is 0. The fraction of sp³-hybridized carbons (Fsp3) is 0.345. The van der Waals surface area contributed by atoms with Crippen LogP contribution in [0.4, 0.5) is 10.5 Å². The first-order valence-corrected chi connectivity index (χ1v) is 12.1. The molecule has 0 N–H and O–H groups in total. The van der Waals surface area contributed by atoms with Gasteiger partial charge < -0.3 is 9.64 Å². The van der Waals surface area contributed by atoms with Crippen LogP contribution in [0.15, 0.2) is 91.0 Å². The van der Waals surface area contributed by atoms with Crippen LogP contribution in [0.3, 0.4) is 0 Å². The molecule has 4 nitrogen and oxygen atoms in total. The highest BCUT2D eigenvalue weighted by molar-refractivity contribution is 5.87. The molecule has 0 aromatic heterocycles. The molecule has 172 valence electrons. The van der Waals surface area contributed by atoms with E-state index in [-0.39, 0.29) is 12.7 Å². The number of rotatable bonds is 9. The quantitative estimate of drug-likeness (QED) is 0.397. The summed E-state index contributed by atoms with van der Waals surface area (Å²) in [6.07, 6.45) is 4.32. The van der Waals surface area contributed by atoms with E-state index in [0.29, 0.717) is 6.54 Å². The van der Waals surface area contributed by atoms with Crippen LogP contribution in [0.1, 0.15) is 30.4 Å². The maximum atomic E-state index is 12.9. The van der Waals surface area contributed by atoms with Crippen molar-refractivity contribution >= 4 is 11.8 Å². The van der Waals surface area contributed by atoms with Gasteiger partial charge in [-0.15, -0.1) is 0 Å². The van der Waals surface area contributed by atoms with Gasteiger partial charge in [0.25, 0.3) is 0 Å². The number of ether oxygens (including phenoxy) is 1. The van der Waals surface area contributed by atoms with Gasteiger partial charge in [-0.1, -0.05) is 78.9 Å². The average molecular weight is 443 g/mol. The maximum absolute atomic E-state index is 12.9. The summed E-state index contributed by atoms with van der Waals surface area (Å²) < 4.78 is 5.63. The molecule has 1 fully saturated rings. The molecule has 1 amide bonds. The molecule has 0 aliphatic carbocycles. The molecule has 4 heteroatoms. The van der Waals surface area contributed by atoms with E-state index in [4.69, 9.17) is 4.74 Å². The Balaban J connectivity index is 1.24. The van der Waals surface area contributed by atoms with E-state index in [9.17, 15) is 4.79 Å². The minimum absolute atomic E-state index is 0.286. The normalized spacial score (nSPS) is 14.7. The lowest BCUT2D eigenvalue weighted by Crippen LogP contribution is -2.38. The van der Waals surface area contributed by atoms with Crippen LogP contribution in [-0.4, -0.2) is 37.2 Å². The molecule has 33 heavy (non-hydrogen) atoms. The predicted molar refractivity (Wildman–Crippen MR) is 134 cm³/mol. The van der Waals surface area contributed by atoms with Gasteiger partial charge in [-0.05, 0) is 74.5 Å². The molecule has 3 aromatic rings. The first-order valence-electron chi connectivity index (χ1n) is 12.1. The molecule has 0 spiro atoms. The zero-order valence-corrected chi connectivity index (χ0v) is 19.3. The van der Waals surface area contributed by atoms with E-state index in [1.54, 1.807) is 4.90 Å². The van der Waals surface area contributed by atoms with Gasteiger partial charge in [0.2, 0.25) is 0 Å². The molecule has 4 rings (SSSR count). The topological polar surface area (TPSA) is 32.8 Å². The molecular formula is C29H34N2O2. The summed E-state index contributed by atoms with van der Waals surface area (Å²) in [6, 6.07) is 30.5. The summed E-state index contributed by atoms with van der Waals surface area (Å²) in [5.74, 6) is 0.775. The van der Waals surface area contributed by atoms with E-state index in [1.165, 1.54) is 24.8 Å². The van der Waals surface area contributed by atoms with Crippen molar-refractivity contribution < 1.29 is 9.53 Å². The van der Waals surface area contributed by atoms with Crippen LogP contribution in [0, 0.1) is 5.92 Å². The number of hydrogen-bond acceptors (Lipinski definition) is 3. The Morgan fingerprint density at radius 2 is 1.39 bits per heavy atom. The van der Waals surface area contributed by atoms with E-state index in [2.05, 4.69) is 35.2 Å². The van der Waals surface area contributed by atoms with Gasteiger partial charge >= 0.3 is 6.09 Å². The van der Waals surface area contributed by atoms with Gasteiger partial charge in [-0.3, -0.25) is 4.90 Å². The molecule has 0 saturated carbocycles. The summed E-state index contributed by atoms with van der Waals surface area (Å²) >= 11 is 0. The van der Waals surface area contributed by atoms with Crippen molar-refractivity contribution in [2.75, 3.05) is 31.1 Å². The largest absolute Gasteiger partial charge is 0.444 e. The molecule has 3 aromatic carbocycles. The highest BCUT2D eigenvalue weighted by Gasteiger charge is 2.21. The Morgan fingerprint density at radius 1 is 0.818 bits per heavy atom. The molecule has 0 radical (unpaired) electrons. The molecular weight excluding hydrogens is 408 g/mol. The predicted octanol–water partition coefficient (Wildman–Crippen LogP) is 6.17. The number of anilines is 1. The maximum Gasteiger partial charge on any atom is 0.414 e. The number of amides is 1. The van der Waals surface area contributed by atoms with Crippen molar-refractivity contribution in [1.82, 2.24) is 4.90 Å². The zero-order valence-electron chi connectivity index (χ0n) is 19.3. The first kappa shape index (κ1) is 23.1. The Morgan fingerprint density at radius 3 is 2.03 bits per heavy atom. The Kier molecular flexibility index (Phi) is 8.54. The average Bonchev–Trinajstić information content (AvgIpc) is 2.88. The smallest absolute Gasteiger partial charge is 0.414 e. The second kappa shape index (κ2) is 12.2. The third kappa shape index (κ3) is 7.19. The van der Waals surface area contributed by atoms with Crippen LogP contribution in [0.25, 0.3) is 0 Å². The van der Waals surface area contributed by atoms with Crippen LogP contribution in [-0.2, 0) is 17.8 Å². The van der Waals surface area contributed by atoms with Crippen LogP contribution in [0.2, 0.25) is 0 Å². The third-order valence-electron chi connectivity index (χ3n) is 6.42. The molecule has 1 aliphatic rings. The Hall–Kier alpha value is -3.11. The van der Waals surface area contributed by atoms with Crippen molar-refractivity contribution in [2.24, 2.45) is 5.92 Å². The molecule has 0 bridgehead atoms. The molecule has 1 heterocycles. The van der Waals surface area contributed by atoms with Gasteiger partial charge in [0.1, 0.15) is 6.61 Å². The lowest BCUT2D eigenvalue weighted by molar-refractivity contribution is 0.146. The summed E-state index contributed by atoms with van der Waals surface area (Å²) in [6.45, 7) is 4.23. The van der Waals surface area contributed by atoms with Gasteiger partial charge in [-0.2, -0.15) is 0 Å². The molecule has 0 atom stereocenters. The minimum Gasteiger partial charge on any atom is -0.444 e. The van der Waals surface area contributed by atoms with E-state index < -0.39 is 0 Å². The number of carbonyl (C=O) groups excluding carboxylic acids is 1. The van der Waals surface area contributed by atoms with Crippen molar-refractivity contribution in [3.8, 4) is 0 Å². The molecule has 0 unspecified atom stereocenters. The highest BCUT2D eigenvalue weighted by Crippen LogP contribution is 2.22. The van der Waals surface area contributed by atoms with Crippen molar-refractivity contribution in [3.63, 3.8) is 0 Å². The lowest BCUT2D eigenvalue weighted by atomic mass is 9.90. The van der Waals surface area contributed by atoms with Crippen molar-refractivity contribution in [1.29, 1.82) is 0 Å². The number of piperidine rings is 1. The second-order valence-corrected chi connectivity index (χ2v) is 8.86. The van der Waals surface area contributed by atoms with E-state index in [1.807, 2.05) is 60.7 Å². The fourth-order valence-electron chi connectivity index (χ4n) is 4.54. The first-order chi connectivity index (χ1) is 16.3. The standard InChI is InChI=1S/C29H34N2O2/c32-29(33-24-27-13-6-2-7-14-27)31(28-15-8-3-9-16-28)20-10-19-30-21-17-26(18-22-30)23-25-11-4-1-5-12-25/h1-9,11-16,26H,10,17-24H2. The van der Waals surface area contributed by atoms with E-state index in [0.717, 1.165) is 43.2 Å². The molecule has 1 aliphatic heterocycles. The van der Waals surface area contributed by atoms with E-state index >= 15 is 0 Å². The van der Waals surface area contributed by atoms with Gasteiger partial charge in [0, 0.05) is 12.2 Å². The number of para-hydroxylation sites is 1. The van der Waals surface area contributed by atoms with Crippen LogP contribution < -0.4 is 4.90 Å². The third-order valence-corrected chi connectivity index (χ3v) is 6.42. The fourth-order valence-corrected chi connectivity index (χ4v) is 4.54. The number of likely N-dealkylation sites (tertiary alicyclic amines) is 1. The van der Waals surface area contributed by atoms with Crippen molar-refractivity contribution in [2.45, 2.75) is 32.3 Å². The number of carbonyl (C=O) groups is 1. The van der Waals surface area contributed by atoms with Gasteiger partial charge in [0.15, 0.2) is 0 Å². The van der Waals surface area contributed by atoms with Gasteiger partial charge in [0.05, 0.1) is 0 Å². The summed E-state index contributed by atoms with van der Waals surface area (Å²) in [5, 5.41) is 0. The summed E-state index contributed by atoms with van der Waals surface area (Å²) in [4.78, 5) is 17.2. The Labute approximate surface area is 197 Å². The Bertz CT molecular complexity index is 955. The number of benzene rings is 3. The van der Waals surface area contributed by atoms with Crippen LogP contribution in [0.5, 0.6) is 0 Å². The second-order valence-electron chi connectivity index (χ2n) is 8.86. The number of hydrogen-bond donors (Lipinski definition) is 0. The minimum atomic E-state index is -0.286. The zero-order chi connectivity index (χ0) is 22.7. The monoisotopic (exact) mass is 442 g/mol. The number of nitrogens with zero attached hydrogens (tertiary/aromatic N) is 2. The summed E-state index contributed by atoms with van der Waals surface area (Å²) in [5.41, 5.74) is 3.33.